The van der Waals surface area contributed by atoms with Crippen molar-refractivity contribution in [2.24, 2.45) is 0 Å². The van der Waals surface area contributed by atoms with Crippen molar-refractivity contribution in [1.29, 1.82) is 0 Å². The zero-order valence-electron chi connectivity index (χ0n) is 19.4. The summed E-state index contributed by atoms with van der Waals surface area (Å²) >= 11 is 1.82. The SMILES string of the molecule is Cc1ccc2oc(=O)c3cc(-n4c5ccccc5c5cc6c(cc54)sc4ccccc46)ccc3c2c1. The number of benzene rings is 5. The Balaban J connectivity index is 1.49. The van der Waals surface area contributed by atoms with Crippen molar-refractivity contribution < 1.29 is 4.42 Å². The number of hydrogen-bond acceptors (Lipinski definition) is 3. The summed E-state index contributed by atoms with van der Waals surface area (Å²) in [7, 11) is 0. The largest absolute Gasteiger partial charge is 0.422 e. The van der Waals surface area contributed by atoms with E-state index in [-0.39, 0.29) is 5.63 Å². The molecule has 0 aliphatic heterocycles. The molecule has 36 heavy (non-hydrogen) atoms. The van der Waals surface area contributed by atoms with Gasteiger partial charge in [-0.2, -0.15) is 0 Å². The monoisotopic (exact) mass is 481 g/mol. The summed E-state index contributed by atoms with van der Waals surface area (Å²) in [6, 6.07) is 33.8. The van der Waals surface area contributed by atoms with Crippen LogP contribution in [0.1, 0.15) is 5.56 Å². The molecule has 0 bridgehead atoms. The van der Waals surface area contributed by atoms with Gasteiger partial charge in [-0.15, -0.1) is 11.3 Å². The van der Waals surface area contributed by atoms with Gasteiger partial charge in [0.05, 0.1) is 16.4 Å². The lowest BCUT2D eigenvalue weighted by molar-refractivity contribution is 0.569. The van der Waals surface area contributed by atoms with Crippen LogP contribution in [0.4, 0.5) is 0 Å². The molecule has 0 aliphatic rings. The molecule has 8 aromatic rings. The zero-order valence-corrected chi connectivity index (χ0v) is 20.2. The van der Waals surface area contributed by atoms with E-state index in [2.05, 4.69) is 90.4 Å². The molecule has 8 rings (SSSR count). The van der Waals surface area contributed by atoms with Crippen molar-refractivity contribution in [1.82, 2.24) is 4.57 Å². The maximum absolute atomic E-state index is 13.0. The molecular weight excluding hydrogens is 462 g/mol. The molecule has 0 N–H and O–H groups in total. The van der Waals surface area contributed by atoms with Crippen molar-refractivity contribution in [3.05, 3.63) is 113 Å². The first-order valence-electron chi connectivity index (χ1n) is 12.0. The number of nitrogens with zero attached hydrogens (tertiary/aromatic N) is 1. The first-order chi connectivity index (χ1) is 17.7. The Morgan fingerprint density at radius 1 is 0.611 bits per heavy atom. The maximum Gasteiger partial charge on any atom is 0.344 e. The van der Waals surface area contributed by atoms with E-state index in [0.29, 0.717) is 11.0 Å². The topological polar surface area (TPSA) is 35.1 Å². The Hall–Kier alpha value is -4.41. The van der Waals surface area contributed by atoms with Gasteiger partial charge in [0.15, 0.2) is 0 Å². The fraction of sp³-hybridized carbons (Fsp3) is 0.0312. The van der Waals surface area contributed by atoms with Crippen LogP contribution in [-0.4, -0.2) is 4.57 Å². The Bertz CT molecular complexity index is 2250. The summed E-state index contributed by atoms with van der Waals surface area (Å²) in [6.45, 7) is 2.05. The van der Waals surface area contributed by atoms with E-state index in [1.54, 1.807) is 0 Å². The molecule has 4 heteroatoms. The van der Waals surface area contributed by atoms with Crippen molar-refractivity contribution in [2.75, 3.05) is 0 Å². The van der Waals surface area contributed by atoms with Crippen molar-refractivity contribution in [3.63, 3.8) is 0 Å². The van der Waals surface area contributed by atoms with Crippen LogP contribution in [0.5, 0.6) is 0 Å². The number of thiophene rings is 1. The molecule has 0 radical (unpaired) electrons. The van der Waals surface area contributed by atoms with E-state index < -0.39 is 0 Å². The van der Waals surface area contributed by atoms with Gasteiger partial charge in [-0.3, -0.25) is 0 Å². The molecule has 5 aromatic carbocycles. The fourth-order valence-corrected chi connectivity index (χ4v) is 6.76. The number of rotatable bonds is 1. The Morgan fingerprint density at radius 2 is 1.44 bits per heavy atom. The third-order valence-electron chi connectivity index (χ3n) is 7.28. The lowest BCUT2D eigenvalue weighted by atomic mass is 10.0. The number of para-hydroxylation sites is 1. The van der Waals surface area contributed by atoms with E-state index in [1.807, 2.05) is 29.5 Å². The van der Waals surface area contributed by atoms with E-state index in [1.165, 1.54) is 30.9 Å². The molecule has 0 amide bonds. The molecule has 0 aliphatic carbocycles. The minimum atomic E-state index is -0.309. The van der Waals surface area contributed by atoms with E-state index in [9.17, 15) is 4.79 Å². The van der Waals surface area contributed by atoms with Gasteiger partial charge in [0, 0.05) is 47.4 Å². The normalized spacial score (nSPS) is 12.1. The highest BCUT2D eigenvalue weighted by atomic mass is 32.1. The molecule has 3 nitrogen and oxygen atoms in total. The Kier molecular flexibility index (Phi) is 3.89. The van der Waals surface area contributed by atoms with Gasteiger partial charge >= 0.3 is 5.63 Å². The van der Waals surface area contributed by atoms with Crippen molar-refractivity contribution in [2.45, 2.75) is 6.92 Å². The van der Waals surface area contributed by atoms with Gasteiger partial charge in [0.25, 0.3) is 0 Å². The van der Waals surface area contributed by atoms with Crippen molar-refractivity contribution >= 4 is 75.1 Å². The average Bonchev–Trinajstić information content (AvgIpc) is 3.42. The Labute approximate surface area is 209 Å². The predicted octanol–water partition coefficient (Wildman–Crippen LogP) is 8.72. The molecule has 0 saturated carbocycles. The highest BCUT2D eigenvalue weighted by molar-refractivity contribution is 7.25. The number of aryl methyl sites for hydroxylation is 1. The second-order valence-corrected chi connectivity index (χ2v) is 10.5. The van der Waals surface area contributed by atoms with Crippen LogP contribution in [0.2, 0.25) is 0 Å². The van der Waals surface area contributed by atoms with Gasteiger partial charge < -0.3 is 8.98 Å². The lowest BCUT2D eigenvalue weighted by Crippen LogP contribution is -2.02. The summed E-state index contributed by atoms with van der Waals surface area (Å²) < 4.78 is 10.5. The maximum atomic E-state index is 13.0. The van der Waals surface area contributed by atoms with Crippen LogP contribution in [0, 0.1) is 6.92 Å². The minimum Gasteiger partial charge on any atom is -0.422 e. The smallest absolute Gasteiger partial charge is 0.344 e. The van der Waals surface area contributed by atoms with Crippen LogP contribution in [0.25, 0.3) is 69.4 Å². The van der Waals surface area contributed by atoms with Crippen molar-refractivity contribution in [3.8, 4) is 5.69 Å². The zero-order chi connectivity index (χ0) is 24.0. The molecule has 3 heterocycles. The van der Waals surface area contributed by atoms with E-state index in [4.69, 9.17) is 4.42 Å². The van der Waals surface area contributed by atoms with Crippen LogP contribution in [0.15, 0.2) is 106 Å². The first-order valence-corrected chi connectivity index (χ1v) is 12.8. The van der Waals surface area contributed by atoms with Crippen LogP contribution in [0.3, 0.4) is 0 Å². The van der Waals surface area contributed by atoms with Crippen LogP contribution >= 0.6 is 11.3 Å². The predicted molar refractivity (Wildman–Crippen MR) is 152 cm³/mol. The Morgan fingerprint density at radius 3 is 2.36 bits per heavy atom. The number of aromatic nitrogens is 1. The molecule has 0 unspecified atom stereocenters. The summed E-state index contributed by atoms with van der Waals surface area (Å²) in [4.78, 5) is 13.0. The molecule has 0 atom stereocenters. The highest BCUT2D eigenvalue weighted by Gasteiger charge is 2.16. The summed E-state index contributed by atoms with van der Waals surface area (Å²) in [5.74, 6) is 0. The summed E-state index contributed by atoms with van der Waals surface area (Å²) in [5, 5.41) is 7.47. The summed E-state index contributed by atoms with van der Waals surface area (Å²) in [5.41, 5.74) is 4.65. The van der Waals surface area contributed by atoms with Gasteiger partial charge in [-0.25, -0.2) is 4.79 Å². The molecule has 170 valence electrons. The quantitative estimate of drug-likeness (QED) is 0.174. The standard InChI is InChI=1S/C32H19NO2S/c1-18-10-13-29-24(14-18)20-12-11-19(15-26(20)32(34)35-29)33-27-8-4-2-6-21(27)23-16-25-22-7-3-5-9-30(22)36-31(25)17-28(23)33/h2-17H,1H3. The summed E-state index contributed by atoms with van der Waals surface area (Å²) in [6.07, 6.45) is 0. The van der Waals surface area contributed by atoms with Gasteiger partial charge in [0.1, 0.15) is 5.58 Å². The second kappa shape index (κ2) is 7.06. The molecule has 0 fully saturated rings. The number of hydrogen-bond donors (Lipinski definition) is 0. The third kappa shape index (κ3) is 2.65. The van der Waals surface area contributed by atoms with E-state index >= 15 is 0 Å². The average molecular weight is 482 g/mol. The van der Waals surface area contributed by atoms with Crippen LogP contribution in [-0.2, 0) is 0 Å². The van der Waals surface area contributed by atoms with Gasteiger partial charge in [0.2, 0.25) is 0 Å². The molecule has 3 aromatic heterocycles. The number of fused-ring (bicyclic) bond motifs is 9. The second-order valence-electron chi connectivity index (χ2n) is 9.44. The van der Waals surface area contributed by atoms with E-state index in [0.717, 1.165) is 33.1 Å². The van der Waals surface area contributed by atoms with Gasteiger partial charge in [-0.05, 0) is 55.5 Å². The molecular formula is C32H19NO2S. The highest BCUT2D eigenvalue weighted by Crippen LogP contribution is 2.40. The molecule has 0 saturated heterocycles. The third-order valence-corrected chi connectivity index (χ3v) is 8.41. The lowest BCUT2D eigenvalue weighted by Gasteiger charge is -2.10. The van der Waals surface area contributed by atoms with Gasteiger partial charge in [-0.1, -0.05) is 54.1 Å². The van der Waals surface area contributed by atoms with Crippen LogP contribution < -0.4 is 5.63 Å². The molecule has 0 spiro atoms. The minimum absolute atomic E-state index is 0.309. The first kappa shape index (κ1) is 19.8. The fourth-order valence-electron chi connectivity index (χ4n) is 5.64.